The third-order valence-electron chi connectivity index (χ3n) is 5.98. The molecule has 0 unspecified atom stereocenters. The molecule has 2 aromatic carbocycles. The van der Waals surface area contributed by atoms with Gasteiger partial charge in [-0.2, -0.15) is 18.3 Å². The fourth-order valence-corrected chi connectivity index (χ4v) is 5.60. The van der Waals surface area contributed by atoms with Crippen LogP contribution in [0.15, 0.2) is 59.6 Å². The number of hydrogen-bond acceptors (Lipinski definition) is 5. The molecule has 3 aromatic rings. The SMILES string of the molecule is Cn1nccc1CCc1ccc2c(c1)N(S(=O)(=O)c1cccc(C(F)(F)F)c1)C[C@H](CCC(=O)O)O2. The highest BCUT2D eigenvalue weighted by molar-refractivity contribution is 7.92. The molecule has 0 aliphatic carbocycles. The molecule has 0 radical (unpaired) electrons. The molecule has 2 heterocycles. The summed E-state index contributed by atoms with van der Waals surface area (Å²) in [7, 11) is -2.60. The number of carboxylic acids is 1. The molecule has 12 heteroatoms. The van der Waals surface area contributed by atoms with Gasteiger partial charge in [-0.1, -0.05) is 12.1 Å². The Labute approximate surface area is 206 Å². The average molecular weight is 524 g/mol. The monoisotopic (exact) mass is 523 g/mol. The van der Waals surface area contributed by atoms with Crippen molar-refractivity contribution in [2.75, 3.05) is 10.8 Å². The second-order valence-corrected chi connectivity index (χ2v) is 10.3. The maximum absolute atomic E-state index is 13.6. The standard InChI is InChI=1S/C24H24F3N3O5S/c1-29-18(11-12-28-29)7-5-16-6-9-22-21(13-16)30(15-19(35-22)8-10-23(31)32)36(33,34)20-4-2-3-17(14-20)24(25,26)27/h2-4,6,9,11-14,19H,5,7-8,10,15H2,1H3,(H,31,32)/t19-/m0/s1. The summed E-state index contributed by atoms with van der Waals surface area (Å²) in [6, 6.07) is 10.5. The Hall–Kier alpha value is -3.54. The van der Waals surface area contributed by atoms with Crippen LogP contribution in [0.4, 0.5) is 18.9 Å². The first kappa shape index (κ1) is 25.5. The fourth-order valence-electron chi connectivity index (χ4n) is 4.05. The fraction of sp³-hybridized carbons (Fsp3) is 0.333. The van der Waals surface area contributed by atoms with Gasteiger partial charge in [0.25, 0.3) is 10.0 Å². The van der Waals surface area contributed by atoms with Gasteiger partial charge >= 0.3 is 12.1 Å². The van der Waals surface area contributed by atoms with E-state index in [0.29, 0.717) is 18.9 Å². The second-order valence-electron chi connectivity index (χ2n) is 8.48. The van der Waals surface area contributed by atoms with Crippen LogP contribution >= 0.6 is 0 Å². The highest BCUT2D eigenvalue weighted by atomic mass is 32.2. The number of aryl methyl sites for hydroxylation is 3. The molecule has 1 aliphatic rings. The summed E-state index contributed by atoms with van der Waals surface area (Å²) in [6.45, 7) is -0.232. The van der Waals surface area contributed by atoms with E-state index < -0.39 is 38.7 Å². The van der Waals surface area contributed by atoms with Gasteiger partial charge in [-0.25, -0.2) is 8.42 Å². The van der Waals surface area contributed by atoms with E-state index in [1.54, 1.807) is 29.1 Å². The van der Waals surface area contributed by atoms with Crippen LogP contribution in [-0.2, 0) is 40.9 Å². The lowest BCUT2D eigenvalue weighted by Crippen LogP contribution is -2.43. The van der Waals surface area contributed by atoms with E-state index in [1.165, 1.54) is 0 Å². The third kappa shape index (κ3) is 5.48. The van der Waals surface area contributed by atoms with Gasteiger partial charge in [0, 0.05) is 25.4 Å². The van der Waals surface area contributed by atoms with E-state index in [4.69, 9.17) is 9.84 Å². The summed E-state index contributed by atoms with van der Waals surface area (Å²) in [5.41, 5.74) is 0.892. The molecule has 192 valence electrons. The Bertz CT molecular complexity index is 1370. The predicted octanol–water partition coefficient (Wildman–Crippen LogP) is 4.05. The van der Waals surface area contributed by atoms with Gasteiger partial charge < -0.3 is 9.84 Å². The number of anilines is 1. The van der Waals surface area contributed by atoms with Crippen molar-refractivity contribution in [1.82, 2.24) is 9.78 Å². The van der Waals surface area contributed by atoms with Crippen molar-refractivity contribution in [2.45, 2.75) is 42.9 Å². The molecular formula is C24H24F3N3O5S. The van der Waals surface area contributed by atoms with Crippen LogP contribution in [0.3, 0.4) is 0 Å². The number of halogens is 3. The van der Waals surface area contributed by atoms with E-state index in [-0.39, 0.29) is 30.8 Å². The van der Waals surface area contributed by atoms with Gasteiger partial charge in [0.15, 0.2) is 0 Å². The van der Waals surface area contributed by atoms with Crippen LogP contribution < -0.4 is 9.04 Å². The quantitative estimate of drug-likeness (QED) is 0.478. The number of sulfonamides is 1. The normalized spacial score (nSPS) is 15.9. The molecule has 1 N–H and O–H groups in total. The van der Waals surface area contributed by atoms with Gasteiger partial charge in [0.05, 0.1) is 22.7 Å². The molecule has 0 bridgehead atoms. The van der Waals surface area contributed by atoms with Crippen molar-refractivity contribution in [3.05, 3.63) is 71.5 Å². The zero-order valence-electron chi connectivity index (χ0n) is 19.3. The molecule has 0 saturated heterocycles. The van der Waals surface area contributed by atoms with E-state index in [9.17, 15) is 26.4 Å². The molecule has 0 spiro atoms. The maximum atomic E-state index is 13.6. The highest BCUT2D eigenvalue weighted by Crippen LogP contribution is 2.39. The van der Waals surface area contributed by atoms with Crippen LogP contribution in [0, 0.1) is 0 Å². The van der Waals surface area contributed by atoms with Crippen LogP contribution in [0.5, 0.6) is 5.75 Å². The van der Waals surface area contributed by atoms with E-state index >= 15 is 0 Å². The lowest BCUT2D eigenvalue weighted by Gasteiger charge is -2.36. The number of benzene rings is 2. The summed E-state index contributed by atoms with van der Waals surface area (Å²) >= 11 is 0. The Morgan fingerprint density at radius 3 is 2.61 bits per heavy atom. The third-order valence-corrected chi connectivity index (χ3v) is 7.75. The molecule has 0 saturated carbocycles. The number of nitrogens with zero attached hydrogens (tertiary/aromatic N) is 3. The van der Waals surface area contributed by atoms with Crippen LogP contribution in [0.2, 0.25) is 0 Å². The lowest BCUT2D eigenvalue weighted by atomic mass is 10.1. The van der Waals surface area contributed by atoms with Gasteiger partial charge in [-0.05, 0) is 61.2 Å². The largest absolute Gasteiger partial charge is 0.486 e. The minimum absolute atomic E-state index is 0.0334. The van der Waals surface area contributed by atoms with Gasteiger partial charge in [-0.3, -0.25) is 13.8 Å². The van der Waals surface area contributed by atoms with Crippen LogP contribution in [0.1, 0.15) is 29.7 Å². The van der Waals surface area contributed by atoms with Gasteiger partial charge in [0.1, 0.15) is 11.9 Å². The van der Waals surface area contributed by atoms with Gasteiger partial charge in [-0.15, -0.1) is 0 Å². The van der Waals surface area contributed by atoms with Crippen molar-refractivity contribution in [3.63, 3.8) is 0 Å². The first-order chi connectivity index (χ1) is 16.9. The zero-order valence-corrected chi connectivity index (χ0v) is 20.1. The van der Waals surface area contributed by atoms with Crippen molar-refractivity contribution in [2.24, 2.45) is 7.05 Å². The van der Waals surface area contributed by atoms with E-state index in [0.717, 1.165) is 33.8 Å². The number of ether oxygens (including phenoxy) is 1. The van der Waals surface area contributed by atoms with Crippen molar-refractivity contribution in [1.29, 1.82) is 0 Å². The molecular weight excluding hydrogens is 499 g/mol. The molecule has 1 aromatic heterocycles. The number of alkyl halides is 3. The molecule has 0 fully saturated rings. The van der Waals surface area contributed by atoms with Crippen molar-refractivity contribution in [3.8, 4) is 5.75 Å². The zero-order chi connectivity index (χ0) is 26.1. The van der Waals surface area contributed by atoms with Crippen LogP contribution in [-0.4, -0.2) is 41.9 Å². The van der Waals surface area contributed by atoms with E-state index in [1.807, 2.05) is 13.1 Å². The molecule has 1 atom stereocenters. The summed E-state index contributed by atoms with van der Waals surface area (Å²) in [6.07, 6.45) is -2.83. The second kappa shape index (κ2) is 9.84. The Morgan fingerprint density at radius 2 is 1.94 bits per heavy atom. The molecule has 4 rings (SSSR count). The maximum Gasteiger partial charge on any atom is 0.416 e. The first-order valence-corrected chi connectivity index (χ1v) is 12.6. The van der Waals surface area contributed by atoms with Gasteiger partial charge in [0.2, 0.25) is 0 Å². The molecule has 36 heavy (non-hydrogen) atoms. The minimum Gasteiger partial charge on any atom is -0.486 e. The number of fused-ring (bicyclic) bond motifs is 1. The molecule has 0 amide bonds. The first-order valence-electron chi connectivity index (χ1n) is 11.1. The minimum atomic E-state index is -4.71. The summed E-state index contributed by atoms with van der Waals surface area (Å²) in [4.78, 5) is 10.5. The number of aliphatic carboxylic acids is 1. The van der Waals surface area contributed by atoms with Crippen LogP contribution in [0.25, 0.3) is 0 Å². The van der Waals surface area contributed by atoms with E-state index in [2.05, 4.69) is 5.10 Å². The number of hydrogen-bond donors (Lipinski definition) is 1. The van der Waals surface area contributed by atoms with Crippen molar-refractivity contribution < 1.29 is 36.2 Å². The number of carbonyl (C=O) groups is 1. The number of aromatic nitrogens is 2. The van der Waals surface area contributed by atoms with Crippen molar-refractivity contribution >= 4 is 21.7 Å². The lowest BCUT2D eigenvalue weighted by molar-refractivity contribution is -0.138. The highest BCUT2D eigenvalue weighted by Gasteiger charge is 2.37. The smallest absolute Gasteiger partial charge is 0.416 e. The number of carboxylic acid groups (broad SMARTS) is 1. The Balaban J connectivity index is 1.70. The summed E-state index contributed by atoms with van der Waals surface area (Å²) in [5.74, 6) is -0.848. The average Bonchev–Trinajstić information content (AvgIpc) is 3.24. The molecule has 8 nitrogen and oxygen atoms in total. The molecule has 1 aliphatic heterocycles. The summed E-state index contributed by atoms with van der Waals surface area (Å²) < 4.78 is 75.6. The number of rotatable bonds is 8. The summed E-state index contributed by atoms with van der Waals surface area (Å²) in [5, 5.41) is 13.2. The Kier molecular flexibility index (Phi) is 6.98. The Morgan fingerprint density at radius 1 is 1.17 bits per heavy atom. The predicted molar refractivity (Wildman–Crippen MR) is 124 cm³/mol. The topological polar surface area (TPSA) is 102 Å².